The third kappa shape index (κ3) is 2.48. The SMILES string of the molecule is CCc1ccccc1-c1c(-c2ccccc2)ncc2ccccc12. The van der Waals surface area contributed by atoms with Crippen LogP contribution >= 0.6 is 0 Å². The van der Waals surface area contributed by atoms with E-state index in [1.807, 2.05) is 12.3 Å². The summed E-state index contributed by atoms with van der Waals surface area (Å²) in [5.74, 6) is 0. The van der Waals surface area contributed by atoms with Crippen LogP contribution in [0.1, 0.15) is 12.5 Å². The van der Waals surface area contributed by atoms with E-state index in [1.165, 1.54) is 27.5 Å². The molecular formula is C23H19N. The molecule has 4 rings (SSSR count). The smallest absolute Gasteiger partial charge is 0.0786 e. The Morgan fingerprint density at radius 2 is 1.46 bits per heavy atom. The van der Waals surface area contributed by atoms with E-state index < -0.39 is 0 Å². The zero-order valence-electron chi connectivity index (χ0n) is 13.7. The molecule has 0 spiro atoms. The van der Waals surface area contributed by atoms with Crippen molar-refractivity contribution in [2.45, 2.75) is 13.3 Å². The van der Waals surface area contributed by atoms with Gasteiger partial charge >= 0.3 is 0 Å². The summed E-state index contributed by atoms with van der Waals surface area (Å²) in [7, 11) is 0. The molecule has 0 aliphatic carbocycles. The van der Waals surface area contributed by atoms with E-state index in [0.29, 0.717) is 0 Å². The van der Waals surface area contributed by atoms with Crippen LogP contribution in [0, 0.1) is 0 Å². The molecule has 0 bridgehead atoms. The minimum atomic E-state index is 1.01. The number of hydrogen-bond donors (Lipinski definition) is 0. The van der Waals surface area contributed by atoms with Gasteiger partial charge in [-0.3, -0.25) is 4.98 Å². The predicted octanol–water partition coefficient (Wildman–Crippen LogP) is 6.13. The first kappa shape index (κ1) is 14.6. The van der Waals surface area contributed by atoms with Crippen LogP contribution in [-0.2, 0) is 6.42 Å². The van der Waals surface area contributed by atoms with Gasteiger partial charge in [0.2, 0.25) is 0 Å². The fraction of sp³-hybridized carbons (Fsp3) is 0.0870. The zero-order valence-corrected chi connectivity index (χ0v) is 13.7. The Balaban J connectivity index is 2.11. The summed E-state index contributed by atoms with van der Waals surface area (Å²) in [6, 6.07) is 27.6. The summed E-state index contributed by atoms with van der Waals surface area (Å²) in [6.45, 7) is 2.21. The van der Waals surface area contributed by atoms with Crippen molar-refractivity contribution in [1.82, 2.24) is 4.98 Å². The first-order valence-corrected chi connectivity index (χ1v) is 8.40. The summed E-state index contributed by atoms with van der Waals surface area (Å²) in [4.78, 5) is 4.83. The molecule has 0 amide bonds. The Morgan fingerprint density at radius 3 is 2.29 bits per heavy atom. The molecule has 0 saturated heterocycles. The van der Waals surface area contributed by atoms with Crippen molar-refractivity contribution in [3.63, 3.8) is 0 Å². The second kappa shape index (κ2) is 6.29. The number of hydrogen-bond acceptors (Lipinski definition) is 1. The minimum absolute atomic E-state index is 1.01. The highest BCUT2D eigenvalue weighted by molar-refractivity contribution is 6.02. The van der Waals surface area contributed by atoms with Crippen molar-refractivity contribution >= 4 is 10.8 Å². The van der Waals surface area contributed by atoms with Crippen LogP contribution in [-0.4, -0.2) is 4.98 Å². The third-order valence-corrected chi connectivity index (χ3v) is 4.51. The maximum absolute atomic E-state index is 4.83. The van der Waals surface area contributed by atoms with E-state index in [9.17, 15) is 0 Å². The van der Waals surface area contributed by atoms with Crippen molar-refractivity contribution in [1.29, 1.82) is 0 Å². The highest BCUT2D eigenvalue weighted by Crippen LogP contribution is 2.38. The van der Waals surface area contributed by atoms with Crippen molar-refractivity contribution in [3.05, 3.63) is 90.6 Å². The number of aryl methyl sites for hydroxylation is 1. The Kier molecular flexibility index (Phi) is 3.84. The number of aromatic nitrogens is 1. The third-order valence-electron chi connectivity index (χ3n) is 4.51. The van der Waals surface area contributed by atoms with Gasteiger partial charge in [-0.2, -0.15) is 0 Å². The number of pyridine rings is 1. The van der Waals surface area contributed by atoms with Crippen molar-refractivity contribution in [2.75, 3.05) is 0 Å². The van der Waals surface area contributed by atoms with Gasteiger partial charge in [0.15, 0.2) is 0 Å². The fourth-order valence-corrected chi connectivity index (χ4v) is 3.32. The second-order valence-electron chi connectivity index (χ2n) is 5.95. The summed E-state index contributed by atoms with van der Waals surface area (Å²) in [5, 5.41) is 2.44. The molecule has 24 heavy (non-hydrogen) atoms. The van der Waals surface area contributed by atoms with E-state index in [4.69, 9.17) is 4.98 Å². The van der Waals surface area contributed by atoms with Gasteiger partial charge < -0.3 is 0 Å². The molecule has 1 nitrogen and oxygen atoms in total. The standard InChI is InChI=1S/C23H19N/c1-2-17-10-6-8-14-20(17)22-21-15-9-7-13-19(21)16-24-23(22)18-11-4-3-5-12-18/h3-16H,2H2,1H3. The van der Waals surface area contributed by atoms with Gasteiger partial charge in [-0.05, 0) is 22.9 Å². The molecule has 1 aromatic heterocycles. The molecule has 0 fully saturated rings. The molecule has 116 valence electrons. The maximum Gasteiger partial charge on any atom is 0.0786 e. The summed E-state index contributed by atoms with van der Waals surface area (Å²) in [6.07, 6.45) is 2.99. The monoisotopic (exact) mass is 309 g/mol. The quantitative estimate of drug-likeness (QED) is 0.443. The first-order valence-electron chi connectivity index (χ1n) is 8.40. The van der Waals surface area contributed by atoms with Crippen LogP contribution in [0.2, 0.25) is 0 Å². The first-order chi connectivity index (χ1) is 11.9. The lowest BCUT2D eigenvalue weighted by Gasteiger charge is -2.15. The van der Waals surface area contributed by atoms with Crippen molar-refractivity contribution in [3.8, 4) is 22.4 Å². The summed E-state index contributed by atoms with van der Waals surface area (Å²) >= 11 is 0. The number of rotatable bonds is 3. The molecule has 0 saturated carbocycles. The Labute approximate surface area is 142 Å². The van der Waals surface area contributed by atoms with E-state index >= 15 is 0 Å². The van der Waals surface area contributed by atoms with Gasteiger partial charge in [0.05, 0.1) is 5.69 Å². The van der Waals surface area contributed by atoms with Crippen molar-refractivity contribution < 1.29 is 0 Å². The van der Waals surface area contributed by atoms with Gasteiger partial charge in [0.25, 0.3) is 0 Å². The van der Waals surface area contributed by atoms with Crippen LogP contribution in [0.5, 0.6) is 0 Å². The highest BCUT2D eigenvalue weighted by Gasteiger charge is 2.15. The molecule has 0 aliphatic rings. The number of benzene rings is 3. The molecule has 0 unspecified atom stereocenters. The summed E-state index contributed by atoms with van der Waals surface area (Å²) < 4.78 is 0. The molecule has 0 atom stereocenters. The second-order valence-corrected chi connectivity index (χ2v) is 5.95. The lowest BCUT2D eigenvalue weighted by molar-refractivity contribution is 1.14. The average Bonchev–Trinajstić information content (AvgIpc) is 2.67. The van der Waals surface area contributed by atoms with Crippen molar-refractivity contribution in [2.24, 2.45) is 0 Å². The molecule has 1 heterocycles. The van der Waals surface area contributed by atoms with Crippen LogP contribution in [0.25, 0.3) is 33.2 Å². The molecule has 0 N–H and O–H groups in total. The normalized spacial score (nSPS) is 10.9. The predicted molar refractivity (Wildman–Crippen MR) is 102 cm³/mol. The van der Waals surface area contributed by atoms with Crippen LogP contribution < -0.4 is 0 Å². The molecule has 4 aromatic rings. The van der Waals surface area contributed by atoms with E-state index in [0.717, 1.165) is 17.7 Å². The molecule has 3 aromatic carbocycles. The van der Waals surface area contributed by atoms with Crippen LogP contribution in [0.3, 0.4) is 0 Å². The van der Waals surface area contributed by atoms with Crippen LogP contribution in [0.15, 0.2) is 85.1 Å². The lowest BCUT2D eigenvalue weighted by Crippen LogP contribution is -1.94. The van der Waals surface area contributed by atoms with Gasteiger partial charge in [0, 0.05) is 22.7 Å². The Bertz CT molecular complexity index is 987. The van der Waals surface area contributed by atoms with E-state index in [-0.39, 0.29) is 0 Å². The Morgan fingerprint density at radius 1 is 0.750 bits per heavy atom. The largest absolute Gasteiger partial charge is 0.255 e. The Hall–Kier alpha value is -2.93. The lowest BCUT2D eigenvalue weighted by atomic mass is 9.91. The van der Waals surface area contributed by atoms with E-state index in [1.54, 1.807) is 0 Å². The van der Waals surface area contributed by atoms with E-state index in [2.05, 4.69) is 79.7 Å². The topological polar surface area (TPSA) is 12.9 Å². The van der Waals surface area contributed by atoms with Gasteiger partial charge in [0.1, 0.15) is 0 Å². The number of fused-ring (bicyclic) bond motifs is 1. The maximum atomic E-state index is 4.83. The number of nitrogens with zero attached hydrogens (tertiary/aromatic N) is 1. The van der Waals surface area contributed by atoms with Gasteiger partial charge in [-0.1, -0.05) is 85.8 Å². The highest BCUT2D eigenvalue weighted by atomic mass is 14.7. The fourth-order valence-electron chi connectivity index (χ4n) is 3.32. The zero-order chi connectivity index (χ0) is 16.4. The van der Waals surface area contributed by atoms with Gasteiger partial charge in [-0.15, -0.1) is 0 Å². The molecule has 0 aliphatic heterocycles. The van der Waals surface area contributed by atoms with Crippen LogP contribution in [0.4, 0.5) is 0 Å². The van der Waals surface area contributed by atoms with Gasteiger partial charge in [-0.25, -0.2) is 0 Å². The molecular weight excluding hydrogens is 290 g/mol. The minimum Gasteiger partial charge on any atom is -0.255 e. The average molecular weight is 309 g/mol. The molecule has 0 radical (unpaired) electrons. The summed E-state index contributed by atoms with van der Waals surface area (Å²) in [5.41, 5.74) is 6.08. The molecule has 1 heteroatoms.